The third-order valence-corrected chi connectivity index (χ3v) is 4.89. The van der Waals surface area contributed by atoms with Crippen molar-refractivity contribution in [2.24, 2.45) is 0 Å². The molecule has 1 atom stereocenters. The summed E-state index contributed by atoms with van der Waals surface area (Å²) in [5.41, 5.74) is -0.0580. The number of nitrogens with one attached hydrogen (secondary N) is 1. The topological polar surface area (TPSA) is 42.0 Å². The molecule has 1 amide bonds. The van der Waals surface area contributed by atoms with E-state index in [1.807, 2.05) is 30.3 Å². The van der Waals surface area contributed by atoms with E-state index in [1.165, 1.54) is 11.3 Å². The first kappa shape index (κ1) is 12.9. The van der Waals surface area contributed by atoms with Gasteiger partial charge in [0.2, 0.25) is 5.91 Å². The summed E-state index contributed by atoms with van der Waals surface area (Å²) >= 11 is 13.8. The van der Waals surface area contributed by atoms with E-state index < -0.39 is 9.75 Å². The van der Waals surface area contributed by atoms with E-state index in [-0.39, 0.29) is 5.91 Å². The number of aromatic nitrogens is 1. The number of amides is 1. The van der Waals surface area contributed by atoms with Crippen molar-refractivity contribution in [3.63, 3.8) is 0 Å². The van der Waals surface area contributed by atoms with Gasteiger partial charge >= 0.3 is 0 Å². The second-order valence-corrected chi connectivity index (χ2v) is 6.82. The Kier molecular flexibility index (Phi) is 3.04. The summed E-state index contributed by atoms with van der Waals surface area (Å²) in [6.45, 7) is 0. The number of nitrogens with zero attached hydrogens (tertiary/aromatic N) is 1. The highest BCUT2D eigenvalue weighted by Gasteiger charge is 2.72. The molecular formula is C13H10Cl2N2OS. The van der Waals surface area contributed by atoms with E-state index >= 15 is 0 Å². The fraction of sp³-hybridized carbons (Fsp3) is 0.231. The summed E-state index contributed by atoms with van der Waals surface area (Å²) in [6.07, 6.45) is 2.04. The van der Waals surface area contributed by atoms with Crippen molar-refractivity contribution < 1.29 is 4.79 Å². The molecule has 0 unspecified atom stereocenters. The maximum absolute atomic E-state index is 12.5. The molecule has 2 aromatic rings. The molecule has 1 heterocycles. The smallest absolute Gasteiger partial charge is 0.239 e. The lowest BCUT2D eigenvalue weighted by Gasteiger charge is -2.17. The van der Waals surface area contributed by atoms with Crippen LogP contribution in [0.25, 0.3) is 0 Å². The first-order valence-corrected chi connectivity index (χ1v) is 7.34. The standard InChI is InChI=1S/C13H10Cl2N2OS/c14-13(15)8-12(13,9-4-2-1-3-5-9)10(18)17-11-16-6-7-19-11/h1-7H,8H2,(H,16,17,18)/t12-/m0/s1. The number of benzene rings is 1. The number of thiazole rings is 1. The van der Waals surface area contributed by atoms with Crippen LogP contribution in [0.3, 0.4) is 0 Å². The van der Waals surface area contributed by atoms with Gasteiger partial charge in [-0.25, -0.2) is 4.98 Å². The van der Waals surface area contributed by atoms with Crippen LogP contribution in [0.4, 0.5) is 5.13 Å². The summed E-state index contributed by atoms with van der Waals surface area (Å²) < 4.78 is -1.06. The van der Waals surface area contributed by atoms with Gasteiger partial charge in [-0.05, 0) is 5.56 Å². The van der Waals surface area contributed by atoms with Crippen LogP contribution in [-0.4, -0.2) is 15.2 Å². The van der Waals surface area contributed by atoms with Gasteiger partial charge in [0.1, 0.15) is 9.75 Å². The average molecular weight is 313 g/mol. The zero-order chi connectivity index (χ0) is 13.5. The van der Waals surface area contributed by atoms with Gasteiger partial charge < -0.3 is 5.32 Å². The Hall–Kier alpha value is -1.10. The van der Waals surface area contributed by atoms with Crippen molar-refractivity contribution >= 4 is 45.6 Å². The molecule has 1 aromatic heterocycles. The molecule has 1 aliphatic rings. The normalized spacial score (nSPS) is 23.9. The fourth-order valence-corrected chi connectivity index (χ4v) is 3.51. The minimum Gasteiger partial charge on any atom is -0.301 e. The molecule has 1 N–H and O–H groups in total. The predicted octanol–water partition coefficient (Wildman–Crippen LogP) is 3.60. The molecule has 0 aliphatic heterocycles. The van der Waals surface area contributed by atoms with Crippen LogP contribution in [0.1, 0.15) is 12.0 Å². The monoisotopic (exact) mass is 312 g/mol. The number of rotatable bonds is 3. The number of hydrogen-bond acceptors (Lipinski definition) is 3. The first-order chi connectivity index (χ1) is 9.06. The minimum absolute atomic E-state index is 0.210. The van der Waals surface area contributed by atoms with Gasteiger partial charge in [0.05, 0.1) is 0 Å². The van der Waals surface area contributed by atoms with Crippen LogP contribution >= 0.6 is 34.5 Å². The van der Waals surface area contributed by atoms with Crippen molar-refractivity contribution in [3.05, 3.63) is 47.5 Å². The van der Waals surface area contributed by atoms with Gasteiger partial charge in [-0.15, -0.1) is 34.5 Å². The quantitative estimate of drug-likeness (QED) is 0.880. The number of alkyl halides is 2. The molecule has 1 aliphatic carbocycles. The Morgan fingerprint density at radius 2 is 2.00 bits per heavy atom. The lowest BCUT2D eigenvalue weighted by molar-refractivity contribution is -0.118. The molecule has 3 rings (SSSR count). The molecule has 98 valence electrons. The highest BCUT2D eigenvalue weighted by molar-refractivity contribution is 7.13. The Balaban J connectivity index is 1.93. The van der Waals surface area contributed by atoms with Crippen LogP contribution in [0, 0.1) is 0 Å². The summed E-state index contributed by atoms with van der Waals surface area (Å²) in [5, 5.41) is 5.13. The molecule has 0 spiro atoms. The third-order valence-electron chi connectivity index (χ3n) is 3.29. The molecule has 0 saturated heterocycles. The molecule has 6 heteroatoms. The minimum atomic E-state index is -1.06. The Labute approximate surface area is 124 Å². The van der Waals surface area contributed by atoms with E-state index in [2.05, 4.69) is 10.3 Å². The van der Waals surface area contributed by atoms with Crippen LogP contribution in [0.5, 0.6) is 0 Å². The summed E-state index contributed by atoms with van der Waals surface area (Å²) in [5.74, 6) is -0.210. The molecular weight excluding hydrogens is 303 g/mol. The lowest BCUT2D eigenvalue weighted by Crippen LogP contribution is -2.32. The molecule has 1 fully saturated rings. The average Bonchev–Trinajstić information content (AvgIpc) is 2.76. The molecule has 1 aromatic carbocycles. The van der Waals surface area contributed by atoms with Gasteiger partial charge in [0.15, 0.2) is 5.13 Å². The maximum atomic E-state index is 12.5. The van der Waals surface area contributed by atoms with Gasteiger partial charge in [0.25, 0.3) is 0 Å². The molecule has 19 heavy (non-hydrogen) atoms. The van der Waals surface area contributed by atoms with Crippen molar-refractivity contribution in [1.29, 1.82) is 0 Å². The number of anilines is 1. The van der Waals surface area contributed by atoms with Crippen LogP contribution in [-0.2, 0) is 10.2 Å². The SMILES string of the molecule is O=C(Nc1nccs1)[C@@]1(c2ccccc2)CC1(Cl)Cl. The highest BCUT2D eigenvalue weighted by atomic mass is 35.5. The summed E-state index contributed by atoms with van der Waals surface area (Å²) in [7, 11) is 0. The zero-order valence-corrected chi connectivity index (χ0v) is 12.1. The molecule has 0 bridgehead atoms. The van der Waals surface area contributed by atoms with Gasteiger partial charge in [0, 0.05) is 18.0 Å². The fourth-order valence-electron chi connectivity index (χ4n) is 2.19. The van der Waals surface area contributed by atoms with Crippen molar-refractivity contribution in [3.8, 4) is 0 Å². The van der Waals surface area contributed by atoms with Gasteiger partial charge in [-0.1, -0.05) is 30.3 Å². The zero-order valence-electron chi connectivity index (χ0n) is 9.77. The van der Waals surface area contributed by atoms with E-state index in [0.29, 0.717) is 11.6 Å². The molecule has 3 nitrogen and oxygen atoms in total. The number of carbonyl (C=O) groups excluding carboxylic acids is 1. The third kappa shape index (κ3) is 2.04. The molecule has 1 saturated carbocycles. The Bertz CT molecular complexity index is 600. The van der Waals surface area contributed by atoms with Crippen LogP contribution in [0.2, 0.25) is 0 Å². The van der Waals surface area contributed by atoms with E-state index in [4.69, 9.17) is 23.2 Å². The largest absolute Gasteiger partial charge is 0.301 e. The second-order valence-electron chi connectivity index (χ2n) is 4.44. The number of hydrogen-bond donors (Lipinski definition) is 1. The van der Waals surface area contributed by atoms with E-state index in [9.17, 15) is 4.79 Å². The van der Waals surface area contributed by atoms with E-state index in [1.54, 1.807) is 11.6 Å². The Morgan fingerprint density at radius 3 is 2.53 bits per heavy atom. The van der Waals surface area contributed by atoms with E-state index in [0.717, 1.165) is 5.56 Å². The summed E-state index contributed by atoms with van der Waals surface area (Å²) in [4.78, 5) is 16.5. The second kappa shape index (κ2) is 4.47. The summed E-state index contributed by atoms with van der Waals surface area (Å²) in [6, 6.07) is 9.37. The first-order valence-electron chi connectivity index (χ1n) is 5.70. The predicted molar refractivity (Wildman–Crippen MR) is 77.9 cm³/mol. The van der Waals surface area contributed by atoms with Gasteiger partial charge in [-0.2, -0.15) is 0 Å². The number of halogens is 2. The van der Waals surface area contributed by atoms with Crippen molar-refractivity contribution in [1.82, 2.24) is 4.98 Å². The van der Waals surface area contributed by atoms with Crippen molar-refractivity contribution in [2.75, 3.05) is 5.32 Å². The molecule has 0 radical (unpaired) electrons. The highest BCUT2D eigenvalue weighted by Crippen LogP contribution is 2.65. The lowest BCUT2D eigenvalue weighted by atomic mass is 9.95. The number of carbonyl (C=O) groups is 1. The maximum Gasteiger partial charge on any atom is 0.239 e. The van der Waals surface area contributed by atoms with Gasteiger partial charge in [-0.3, -0.25) is 4.79 Å². The van der Waals surface area contributed by atoms with Crippen molar-refractivity contribution in [2.45, 2.75) is 16.2 Å². The van der Waals surface area contributed by atoms with Crippen LogP contribution in [0.15, 0.2) is 41.9 Å². The Morgan fingerprint density at radius 1 is 1.32 bits per heavy atom. The van der Waals surface area contributed by atoms with Crippen LogP contribution < -0.4 is 5.32 Å².